The van der Waals surface area contributed by atoms with E-state index in [0.29, 0.717) is 23.5 Å². The second kappa shape index (κ2) is 6.30. The molecule has 5 nitrogen and oxygen atoms in total. The van der Waals surface area contributed by atoms with Gasteiger partial charge >= 0.3 is 5.97 Å². The molecule has 0 bridgehead atoms. The minimum absolute atomic E-state index is 0.0756. The van der Waals surface area contributed by atoms with Gasteiger partial charge in [-0.05, 0) is 24.6 Å². The molecule has 0 fully saturated rings. The van der Waals surface area contributed by atoms with Crippen molar-refractivity contribution >= 4 is 5.97 Å². The first-order chi connectivity index (χ1) is 10.0. The number of esters is 1. The summed E-state index contributed by atoms with van der Waals surface area (Å²) in [6.07, 6.45) is 1.44. The smallest absolute Gasteiger partial charge is 0.337 e. The van der Waals surface area contributed by atoms with Crippen LogP contribution in [0.1, 0.15) is 29.5 Å². The van der Waals surface area contributed by atoms with Crippen molar-refractivity contribution in [3.05, 3.63) is 51.8 Å². The fraction of sp³-hybridized carbons (Fsp3) is 0.267. The number of carbonyl (C=O) groups excluding carboxylic acids is 1. The molecule has 0 aliphatic rings. The summed E-state index contributed by atoms with van der Waals surface area (Å²) in [5, 5.41) is 0. The van der Waals surface area contributed by atoms with Crippen LogP contribution in [0.25, 0.3) is 11.3 Å². The summed E-state index contributed by atoms with van der Waals surface area (Å²) in [5.41, 5.74) is 0.449. The molecule has 0 unspecified atom stereocenters. The lowest BCUT2D eigenvalue weighted by atomic mass is 10.1. The van der Waals surface area contributed by atoms with E-state index in [2.05, 4.69) is 14.7 Å². The first kappa shape index (κ1) is 14.9. The van der Waals surface area contributed by atoms with Gasteiger partial charge in [0.2, 0.25) is 0 Å². The van der Waals surface area contributed by atoms with E-state index >= 15 is 0 Å². The molecule has 2 aromatic rings. The highest BCUT2D eigenvalue weighted by molar-refractivity contribution is 5.90. The third-order valence-electron chi connectivity index (χ3n) is 2.89. The molecule has 0 saturated carbocycles. The van der Waals surface area contributed by atoms with E-state index in [1.165, 1.54) is 25.3 Å². The Kier molecular flexibility index (Phi) is 4.47. The fourth-order valence-corrected chi connectivity index (χ4v) is 1.98. The summed E-state index contributed by atoms with van der Waals surface area (Å²) in [6.45, 7) is 1.96. The number of hydrogen-bond donors (Lipinski definition) is 1. The second-order valence-electron chi connectivity index (χ2n) is 4.55. The molecule has 110 valence electrons. The van der Waals surface area contributed by atoms with E-state index in [1.807, 2.05) is 6.92 Å². The lowest BCUT2D eigenvalue weighted by Gasteiger charge is -2.06. The number of nitrogens with one attached hydrogen (secondary N) is 1. The van der Waals surface area contributed by atoms with Gasteiger partial charge in [0.1, 0.15) is 11.6 Å². The largest absolute Gasteiger partial charge is 0.465 e. The van der Waals surface area contributed by atoms with Gasteiger partial charge in [-0.25, -0.2) is 14.2 Å². The monoisotopic (exact) mass is 290 g/mol. The Morgan fingerprint density at radius 1 is 1.33 bits per heavy atom. The lowest BCUT2D eigenvalue weighted by molar-refractivity contribution is 0.0600. The third kappa shape index (κ3) is 3.53. The van der Waals surface area contributed by atoms with Crippen LogP contribution in [-0.4, -0.2) is 23.0 Å². The first-order valence-electron chi connectivity index (χ1n) is 6.53. The number of aryl methyl sites for hydroxylation is 1. The van der Waals surface area contributed by atoms with E-state index in [0.717, 1.165) is 12.5 Å². The van der Waals surface area contributed by atoms with Crippen LogP contribution >= 0.6 is 0 Å². The standard InChI is InChI=1S/C15H15FN2O3/c1-3-4-13-17-12(8-14(19)18-13)9-5-10(15(20)21-2)7-11(16)6-9/h5-8H,3-4H2,1-2H3,(H,17,18,19). The number of nitrogens with zero attached hydrogens (tertiary/aromatic N) is 1. The van der Waals surface area contributed by atoms with E-state index in [9.17, 15) is 14.0 Å². The quantitative estimate of drug-likeness (QED) is 0.877. The van der Waals surface area contributed by atoms with Crippen molar-refractivity contribution in [3.63, 3.8) is 0 Å². The molecule has 0 radical (unpaired) electrons. The van der Waals surface area contributed by atoms with Crippen molar-refractivity contribution in [2.45, 2.75) is 19.8 Å². The fourth-order valence-electron chi connectivity index (χ4n) is 1.98. The normalized spacial score (nSPS) is 10.4. The zero-order valence-electron chi connectivity index (χ0n) is 11.8. The van der Waals surface area contributed by atoms with Gasteiger partial charge in [-0.1, -0.05) is 6.92 Å². The number of rotatable bonds is 4. The molecule has 0 atom stereocenters. The van der Waals surface area contributed by atoms with Crippen LogP contribution in [0.3, 0.4) is 0 Å². The summed E-state index contributed by atoms with van der Waals surface area (Å²) < 4.78 is 18.2. The summed E-state index contributed by atoms with van der Waals surface area (Å²) in [4.78, 5) is 30.1. The topological polar surface area (TPSA) is 72.0 Å². The molecule has 1 heterocycles. The van der Waals surface area contributed by atoms with Gasteiger partial charge in [0.05, 0.1) is 18.4 Å². The number of aromatic amines is 1. The second-order valence-corrected chi connectivity index (χ2v) is 4.55. The summed E-state index contributed by atoms with van der Waals surface area (Å²) in [7, 11) is 1.22. The SMILES string of the molecule is CCCc1nc(-c2cc(F)cc(C(=O)OC)c2)cc(=O)[nH]1. The van der Waals surface area contributed by atoms with Gasteiger partial charge in [0.25, 0.3) is 5.56 Å². The molecular formula is C15H15FN2O3. The predicted octanol–water partition coefficient (Wildman–Crippen LogP) is 2.32. The Labute approximate surface area is 120 Å². The molecule has 0 aliphatic heterocycles. The van der Waals surface area contributed by atoms with Gasteiger partial charge in [-0.3, -0.25) is 4.79 Å². The zero-order valence-corrected chi connectivity index (χ0v) is 11.8. The number of methoxy groups -OCH3 is 1. The van der Waals surface area contributed by atoms with Crippen molar-refractivity contribution in [2.24, 2.45) is 0 Å². The maximum Gasteiger partial charge on any atom is 0.337 e. The summed E-state index contributed by atoms with van der Waals surface area (Å²) in [5.74, 6) is -0.703. The van der Waals surface area contributed by atoms with Crippen LogP contribution in [-0.2, 0) is 11.2 Å². The van der Waals surface area contributed by atoms with Crippen LogP contribution in [0.2, 0.25) is 0 Å². The average Bonchev–Trinajstić information content (AvgIpc) is 2.45. The number of carbonyl (C=O) groups is 1. The highest BCUT2D eigenvalue weighted by Crippen LogP contribution is 2.20. The number of ether oxygens (including phenoxy) is 1. The number of H-pyrrole nitrogens is 1. The van der Waals surface area contributed by atoms with Gasteiger partial charge in [0.15, 0.2) is 0 Å². The first-order valence-corrected chi connectivity index (χ1v) is 6.53. The van der Waals surface area contributed by atoms with Crippen LogP contribution in [0, 0.1) is 5.82 Å². The van der Waals surface area contributed by atoms with Crippen molar-refractivity contribution in [3.8, 4) is 11.3 Å². The van der Waals surface area contributed by atoms with Crippen LogP contribution in [0.4, 0.5) is 4.39 Å². The molecule has 0 saturated heterocycles. The Bertz CT molecular complexity index is 725. The molecule has 2 rings (SSSR count). The van der Waals surface area contributed by atoms with Crippen molar-refractivity contribution < 1.29 is 13.9 Å². The number of halogens is 1. The molecular weight excluding hydrogens is 275 g/mol. The zero-order chi connectivity index (χ0) is 15.4. The van der Waals surface area contributed by atoms with E-state index in [4.69, 9.17) is 0 Å². The highest BCUT2D eigenvalue weighted by atomic mass is 19.1. The van der Waals surface area contributed by atoms with E-state index in [-0.39, 0.29) is 11.1 Å². The highest BCUT2D eigenvalue weighted by Gasteiger charge is 2.12. The van der Waals surface area contributed by atoms with E-state index < -0.39 is 11.8 Å². The molecule has 1 aromatic carbocycles. The maximum absolute atomic E-state index is 13.6. The molecule has 21 heavy (non-hydrogen) atoms. The molecule has 1 aromatic heterocycles. The molecule has 0 aliphatic carbocycles. The van der Waals surface area contributed by atoms with Crippen LogP contribution in [0.5, 0.6) is 0 Å². The van der Waals surface area contributed by atoms with Crippen molar-refractivity contribution in [1.82, 2.24) is 9.97 Å². The van der Waals surface area contributed by atoms with Crippen LogP contribution < -0.4 is 5.56 Å². The minimum atomic E-state index is -0.644. The van der Waals surface area contributed by atoms with Gasteiger partial charge < -0.3 is 9.72 Å². The summed E-state index contributed by atoms with van der Waals surface area (Å²) in [6, 6.07) is 5.03. The van der Waals surface area contributed by atoms with Gasteiger partial charge in [0, 0.05) is 18.1 Å². The minimum Gasteiger partial charge on any atom is -0.465 e. The Balaban J connectivity index is 2.53. The van der Waals surface area contributed by atoms with Crippen molar-refractivity contribution in [2.75, 3.05) is 7.11 Å². The Morgan fingerprint density at radius 3 is 2.76 bits per heavy atom. The third-order valence-corrected chi connectivity index (χ3v) is 2.89. The molecule has 0 amide bonds. The number of benzene rings is 1. The Morgan fingerprint density at radius 2 is 2.10 bits per heavy atom. The van der Waals surface area contributed by atoms with Crippen LogP contribution in [0.15, 0.2) is 29.1 Å². The number of aromatic nitrogens is 2. The predicted molar refractivity (Wildman–Crippen MR) is 75.6 cm³/mol. The Hall–Kier alpha value is -2.50. The van der Waals surface area contributed by atoms with Crippen molar-refractivity contribution in [1.29, 1.82) is 0 Å². The molecule has 0 spiro atoms. The van der Waals surface area contributed by atoms with Gasteiger partial charge in [-0.15, -0.1) is 0 Å². The average molecular weight is 290 g/mol. The molecule has 1 N–H and O–H groups in total. The molecule has 6 heteroatoms. The summed E-state index contributed by atoms with van der Waals surface area (Å²) >= 11 is 0. The van der Waals surface area contributed by atoms with Gasteiger partial charge in [-0.2, -0.15) is 0 Å². The number of hydrogen-bond acceptors (Lipinski definition) is 4. The van der Waals surface area contributed by atoms with E-state index in [1.54, 1.807) is 0 Å². The maximum atomic E-state index is 13.6. The lowest BCUT2D eigenvalue weighted by Crippen LogP contribution is -2.11.